The van der Waals surface area contributed by atoms with E-state index < -0.39 is 0 Å². The zero-order chi connectivity index (χ0) is 15.1. The Kier molecular flexibility index (Phi) is 5.73. The molecule has 1 amide bonds. The summed E-state index contributed by atoms with van der Waals surface area (Å²) in [6.07, 6.45) is 0.545. The SMILES string of the molecule is N#CCCN1CCN(C(=O)C(CN)c2ccccc2)CC1. The summed E-state index contributed by atoms with van der Waals surface area (Å²) in [6, 6.07) is 11.9. The molecule has 1 aliphatic heterocycles. The highest BCUT2D eigenvalue weighted by Gasteiger charge is 2.27. The first kappa shape index (κ1) is 15.5. The summed E-state index contributed by atoms with van der Waals surface area (Å²) in [4.78, 5) is 16.8. The zero-order valence-electron chi connectivity index (χ0n) is 12.2. The molecule has 1 aromatic carbocycles. The van der Waals surface area contributed by atoms with Crippen molar-refractivity contribution >= 4 is 5.91 Å². The van der Waals surface area contributed by atoms with Crippen molar-refractivity contribution in [2.75, 3.05) is 39.3 Å². The first-order valence-corrected chi connectivity index (χ1v) is 7.39. The summed E-state index contributed by atoms with van der Waals surface area (Å²) < 4.78 is 0. The van der Waals surface area contributed by atoms with Gasteiger partial charge < -0.3 is 10.6 Å². The maximum absolute atomic E-state index is 12.6. The second-order valence-electron chi connectivity index (χ2n) is 5.27. The predicted molar refractivity (Wildman–Crippen MR) is 81.5 cm³/mol. The Morgan fingerprint density at radius 3 is 2.48 bits per heavy atom. The van der Waals surface area contributed by atoms with Gasteiger partial charge in [-0.15, -0.1) is 0 Å². The third-order valence-corrected chi connectivity index (χ3v) is 3.96. The molecule has 2 N–H and O–H groups in total. The van der Waals surface area contributed by atoms with Crippen LogP contribution in [0.1, 0.15) is 17.9 Å². The Morgan fingerprint density at radius 2 is 1.90 bits per heavy atom. The predicted octanol–water partition coefficient (Wildman–Crippen LogP) is 0.787. The van der Waals surface area contributed by atoms with Crippen LogP contribution in [0.15, 0.2) is 30.3 Å². The molecule has 1 saturated heterocycles. The second-order valence-corrected chi connectivity index (χ2v) is 5.27. The average molecular weight is 286 g/mol. The van der Waals surface area contributed by atoms with Gasteiger partial charge in [0.1, 0.15) is 0 Å². The van der Waals surface area contributed by atoms with Crippen molar-refractivity contribution in [3.63, 3.8) is 0 Å². The lowest BCUT2D eigenvalue weighted by molar-refractivity contribution is -0.134. The lowest BCUT2D eigenvalue weighted by atomic mass is 9.97. The molecule has 1 aromatic rings. The first-order chi connectivity index (χ1) is 10.3. The van der Waals surface area contributed by atoms with E-state index in [0.29, 0.717) is 26.1 Å². The Bertz CT molecular complexity index is 489. The third-order valence-electron chi connectivity index (χ3n) is 3.96. The average Bonchev–Trinajstić information content (AvgIpc) is 2.55. The number of carbonyl (C=O) groups excluding carboxylic acids is 1. The monoisotopic (exact) mass is 286 g/mol. The number of carbonyl (C=O) groups is 1. The van der Waals surface area contributed by atoms with Crippen molar-refractivity contribution in [2.24, 2.45) is 5.73 Å². The van der Waals surface area contributed by atoms with Crippen LogP contribution < -0.4 is 5.73 Å². The number of rotatable bonds is 5. The van der Waals surface area contributed by atoms with Crippen LogP contribution in [0.3, 0.4) is 0 Å². The van der Waals surface area contributed by atoms with E-state index in [1.807, 2.05) is 35.2 Å². The van der Waals surface area contributed by atoms with Crippen molar-refractivity contribution in [2.45, 2.75) is 12.3 Å². The smallest absolute Gasteiger partial charge is 0.231 e. The molecule has 0 aliphatic carbocycles. The molecule has 21 heavy (non-hydrogen) atoms. The fourth-order valence-corrected chi connectivity index (χ4v) is 2.69. The topological polar surface area (TPSA) is 73.4 Å². The van der Waals surface area contributed by atoms with E-state index in [-0.39, 0.29) is 11.8 Å². The number of hydrogen-bond acceptors (Lipinski definition) is 4. The van der Waals surface area contributed by atoms with Crippen LogP contribution in [0.25, 0.3) is 0 Å². The van der Waals surface area contributed by atoms with Gasteiger partial charge in [-0.05, 0) is 5.56 Å². The minimum Gasteiger partial charge on any atom is -0.340 e. The lowest BCUT2D eigenvalue weighted by Gasteiger charge is -2.36. The number of piperazine rings is 1. The van der Waals surface area contributed by atoms with Gasteiger partial charge in [0.25, 0.3) is 0 Å². The molecule has 0 aromatic heterocycles. The summed E-state index contributed by atoms with van der Waals surface area (Å²) in [5.74, 6) is -0.138. The Morgan fingerprint density at radius 1 is 1.24 bits per heavy atom. The van der Waals surface area contributed by atoms with E-state index in [2.05, 4.69) is 11.0 Å². The van der Waals surface area contributed by atoms with Crippen LogP contribution in [0.5, 0.6) is 0 Å². The molecule has 5 nitrogen and oxygen atoms in total. The standard InChI is InChI=1S/C16H22N4O/c17-7-4-8-19-9-11-20(12-10-19)16(21)15(13-18)14-5-2-1-3-6-14/h1-3,5-6,15H,4,8-13,18H2. The molecule has 1 heterocycles. The van der Waals surface area contributed by atoms with Gasteiger partial charge in [-0.2, -0.15) is 5.26 Å². The Labute approximate surface area is 125 Å². The van der Waals surface area contributed by atoms with E-state index in [4.69, 9.17) is 11.0 Å². The Hall–Kier alpha value is -1.90. The van der Waals surface area contributed by atoms with Crippen LogP contribution >= 0.6 is 0 Å². The molecule has 0 bridgehead atoms. The highest BCUT2D eigenvalue weighted by Crippen LogP contribution is 2.18. The van der Waals surface area contributed by atoms with Gasteiger partial charge in [0, 0.05) is 45.7 Å². The number of hydrogen-bond donors (Lipinski definition) is 1. The maximum Gasteiger partial charge on any atom is 0.231 e. The molecule has 1 unspecified atom stereocenters. The van der Waals surface area contributed by atoms with E-state index in [1.165, 1.54) is 0 Å². The van der Waals surface area contributed by atoms with Gasteiger partial charge in [0.15, 0.2) is 0 Å². The highest BCUT2D eigenvalue weighted by atomic mass is 16.2. The van der Waals surface area contributed by atoms with Crippen LogP contribution in [-0.2, 0) is 4.79 Å². The third kappa shape index (κ3) is 4.03. The van der Waals surface area contributed by atoms with Crippen LogP contribution in [0, 0.1) is 11.3 Å². The van der Waals surface area contributed by atoms with Gasteiger partial charge in [0.2, 0.25) is 5.91 Å². The highest BCUT2D eigenvalue weighted by molar-refractivity contribution is 5.84. The van der Waals surface area contributed by atoms with Gasteiger partial charge >= 0.3 is 0 Å². The summed E-state index contributed by atoms with van der Waals surface area (Å²) >= 11 is 0. The molecule has 2 rings (SSSR count). The number of nitrogens with two attached hydrogens (primary N) is 1. The maximum atomic E-state index is 12.6. The molecule has 0 radical (unpaired) electrons. The Balaban J connectivity index is 1.93. The molecular formula is C16H22N4O. The van der Waals surface area contributed by atoms with Gasteiger partial charge in [-0.3, -0.25) is 9.69 Å². The summed E-state index contributed by atoms with van der Waals surface area (Å²) in [5.41, 5.74) is 6.79. The van der Waals surface area contributed by atoms with Gasteiger partial charge in [0.05, 0.1) is 12.0 Å². The molecule has 1 fully saturated rings. The van der Waals surface area contributed by atoms with Crippen molar-refractivity contribution < 1.29 is 4.79 Å². The second kappa shape index (κ2) is 7.77. The summed E-state index contributed by atoms with van der Waals surface area (Å²) in [7, 11) is 0. The van der Waals surface area contributed by atoms with Crippen LogP contribution in [-0.4, -0.2) is 55.0 Å². The lowest BCUT2D eigenvalue weighted by Crippen LogP contribution is -2.50. The fraction of sp³-hybridized carbons (Fsp3) is 0.500. The minimum atomic E-state index is -0.253. The number of nitriles is 1. The fourth-order valence-electron chi connectivity index (χ4n) is 2.69. The van der Waals surface area contributed by atoms with Crippen molar-refractivity contribution in [1.29, 1.82) is 5.26 Å². The van der Waals surface area contributed by atoms with Gasteiger partial charge in [-0.25, -0.2) is 0 Å². The van der Waals surface area contributed by atoms with Crippen molar-refractivity contribution in [3.05, 3.63) is 35.9 Å². The quantitative estimate of drug-likeness (QED) is 0.868. The molecule has 112 valence electrons. The number of benzene rings is 1. The van der Waals surface area contributed by atoms with Crippen molar-refractivity contribution in [3.8, 4) is 6.07 Å². The van der Waals surface area contributed by atoms with Gasteiger partial charge in [-0.1, -0.05) is 30.3 Å². The summed E-state index contributed by atoms with van der Waals surface area (Å²) in [5, 5.41) is 8.61. The van der Waals surface area contributed by atoms with E-state index in [0.717, 1.165) is 25.2 Å². The zero-order valence-corrected chi connectivity index (χ0v) is 12.2. The van der Waals surface area contributed by atoms with E-state index >= 15 is 0 Å². The molecule has 0 saturated carbocycles. The molecule has 1 aliphatic rings. The number of nitrogens with zero attached hydrogens (tertiary/aromatic N) is 3. The molecule has 0 spiro atoms. The summed E-state index contributed by atoms with van der Waals surface area (Å²) in [6.45, 7) is 4.22. The van der Waals surface area contributed by atoms with Crippen LogP contribution in [0.2, 0.25) is 0 Å². The minimum absolute atomic E-state index is 0.114. The molecular weight excluding hydrogens is 264 g/mol. The van der Waals surface area contributed by atoms with Crippen molar-refractivity contribution in [1.82, 2.24) is 9.80 Å². The number of amides is 1. The molecule has 5 heteroatoms. The van der Waals surface area contributed by atoms with Crippen LogP contribution in [0.4, 0.5) is 0 Å². The van der Waals surface area contributed by atoms with E-state index in [1.54, 1.807) is 0 Å². The normalized spacial score (nSPS) is 17.2. The van der Waals surface area contributed by atoms with E-state index in [9.17, 15) is 4.79 Å². The first-order valence-electron chi connectivity index (χ1n) is 7.39. The molecule has 1 atom stereocenters. The largest absolute Gasteiger partial charge is 0.340 e.